The van der Waals surface area contributed by atoms with Crippen LogP contribution in [0.15, 0.2) is 90.1 Å². The zero-order valence-corrected chi connectivity index (χ0v) is 16.1. The summed E-state index contributed by atoms with van der Waals surface area (Å²) in [4.78, 5) is 4.54. The molecule has 28 heavy (non-hydrogen) atoms. The molecule has 4 rings (SSSR count). The molecule has 0 saturated heterocycles. The van der Waals surface area contributed by atoms with Crippen molar-refractivity contribution >= 4 is 21.4 Å². The summed E-state index contributed by atoms with van der Waals surface area (Å²) in [5.41, 5.74) is 2.12. The number of ether oxygens (including phenoxy) is 1. The van der Waals surface area contributed by atoms with E-state index in [0.29, 0.717) is 11.4 Å². The number of hydrogen-bond acceptors (Lipinski definition) is 4. The second-order valence-corrected chi connectivity index (χ2v) is 8.07. The molecule has 0 unspecified atom stereocenters. The molecule has 0 amide bonds. The predicted octanol–water partition coefficient (Wildman–Crippen LogP) is 3.74. The maximum absolute atomic E-state index is 13.5. The SMILES string of the molecule is COc1cccc(S(=O)(=O)N(Cc2cnc3ccccn23)c2ccccc2)c1. The minimum atomic E-state index is -3.82. The quantitative estimate of drug-likeness (QED) is 0.501. The molecule has 0 radical (unpaired) electrons. The molecule has 0 saturated carbocycles. The lowest BCUT2D eigenvalue weighted by Gasteiger charge is -2.24. The highest BCUT2D eigenvalue weighted by Gasteiger charge is 2.26. The summed E-state index contributed by atoms with van der Waals surface area (Å²) < 4.78 is 35.5. The van der Waals surface area contributed by atoms with Crippen LogP contribution in [0, 0.1) is 0 Å². The minimum Gasteiger partial charge on any atom is -0.497 e. The summed E-state index contributed by atoms with van der Waals surface area (Å²) in [6, 6.07) is 21.2. The first kappa shape index (κ1) is 18.1. The third kappa shape index (κ3) is 3.32. The van der Waals surface area contributed by atoms with Gasteiger partial charge in [-0.25, -0.2) is 13.4 Å². The predicted molar refractivity (Wildman–Crippen MR) is 108 cm³/mol. The Morgan fingerprint density at radius 1 is 1.00 bits per heavy atom. The highest BCUT2D eigenvalue weighted by atomic mass is 32.2. The highest BCUT2D eigenvalue weighted by molar-refractivity contribution is 7.92. The lowest BCUT2D eigenvalue weighted by atomic mass is 10.3. The molecule has 4 aromatic rings. The van der Waals surface area contributed by atoms with Gasteiger partial charge < -0.3 is 9.14 Å². The smallest absolute Gasteiger partial charge is 0.264 e. The fraction of sp³-hybridized carbons (Fsp3) is 0.0952. The van der Waals surface area contributed by atoms with Gasteiger partial charge >= 0.3 is 0 Å². The van der Waals surface area contributed by atoms with E-state index in [2.05, 4.69) is 4.98 Å². The Morgan fingerprint density at radius 2 is 1.79 bits per heavy atom. The topological polar surface area (TPSA) is 63.9 Å². The summed E-state index contributed by atoms with van der Waals surface area (Å²) in [6.45, 7) is 0.148. The van der Waals surface area contributed by atoms with Crippen LogP contribution < -0.4 is 9.04 Å². The lowest BCUT2D eigenvalue weighted by molar-refractivity contribution is 0.413. The monoisotopic (exact) mass is 393 g/mol. The van der Waals surface area contributed by atoms with Crippen molar-refractivity contribution in [2.24, 2.45) is 0 Å². The van der Waals surface area contributed by atoms with Crippen LogP contribution in [0.1, 0.15) is 5.69 Å². The Bertz CT molecular complexity index is 1200. The zero-order chi connectivity index (χ0) is 19.6. The number of hydrogen-bond donors (Lipinski definition) is 0. The van der Waals surface area contributed by atoms with Gasteiger partial charge in [0.2, 0.25) is 0 Å². The molecule has 2 aromatic heterocycles. The number of rotatable bonds is 6. The molecule has 0 spiro atoms. The van der Waals surface area contributed by atoms with E-state index in [9.17, 15) is 8.42 Å². The Kier molecular flexibility index (Phi) is 4.75. The van der Waals surface area contributed by atoms with Gasteiger partial charge in [-0.3, -0.25) is 4.31 Å². The van der Waals surface area contributed by atoms with E-state index in [1.54, 1.807) is 36.5 Å². The molecule has 6 nitrogen and oxygen atoms in total. The Balaban J connectivity index is 1.82. The van der Waals surface area contributed by atoms with Crippen LogP contribution in [0.3, 0.4) is 0 Å². The van der Waals surface area contributed by atoms with Gasteiger partial charge in [-0.05, 0) is 36.4 Å². The molecular formula is C21H19N3O3S. The van der Waals surface area contributed by atoms with Crippen LogP contribution in [0.4, 0.5) is 5.69 Å². The van der Waals surface area contributed by atoms with Crippen molar-refractivity contribution in [1.82, 2.24) is 9.38 Å². The molecule has 2 aromatic carbocycles. The van der Waals surface area contributed by atoms with E-state index in [-0.39, 0.29) is 11.4 Å². The van der Waals surface area contributed by atoms with Crippen LogP contribution >= 0.6 is 0 Å². The normalized spacial score (nSPS) is 11.5. The summed E-state index contributed by atoms with van der Waals surface area (Å²) in [6.07, 6.45) is 3.57. The van der Waals surface area contributed by atoms with Crippen LogP contribution in [-0.2, 0) is 16.6 Å². The third-order valence-corrected chi connectivity index (χ3v) is 6.24. The van der Waals surface area contributed by atoms with Gasteiger partial charge in [-0.1, -0.05) is 30.3 Å². The summed E-state index contributed by atoms with van der Waals surface area (Å²) >= 11 is 0. The number of imidazole rings is 1. The summed E-state index contributed by atoms with van der Waals surface area (Å²) in [5, 5.41) is 0. The van der Waals surface area contributed by atoms with Crippen molar-refractivity contribution in [3.05, 3.63) is 90.9 Å². The molecule has 2 heterocycles. The molecule has 0 bridgehead atoms. The van der Waals surface area contributed by atoms with Gasteiger partial charge in [0.1, 0.15) is 11.4 Å². The number of para-hydroxylation sites is 1. The third-order valence-electron chi connectivity index (χ3n) is 4.47. The second-order valence-electron chi connectivity index (χ2n) is 6.20. The average molecular weight is 393 g/mol. The van der Waals surface area contributed by atoms with Crippen LogP contribution in [-0.4, -0.2) is 24.9 Å². The largest absolute Gasteiger partial charge is 0.497 e. The van der Waals surface area contributed by atoms with Crippen LogP contribution in [0.25, 0.3) is 5.65 Å². The van der Waals surface area contributed by atoms with Crippen molar-refractivity contribution in [3.8, 4) is 5.75 Å². The molecule has 0 aliphatic heterocycles. The van der Waals surface area contributed by atoms with E-state index >= 15 is 0 Å². The second kappa shape index (κ2) is 7.36. The van der Waals surface area contributed by atoms with Crippen LogP contribution in [0.2, 0.25) is 0 Å². The molecule has 0 N–H and O–H groups in total. The number of sulfonamides is 1. The van der Waals surface area contributed by atoms with Gasteiger partial charge in [0.25, 0.3) is 10.0 Å². The molecule has 0 aliphatic rings. The van der Waals surface area contributed by atoms with Gasteiger partial charge in [0.15, 0.2) is 0 Å². The average Bonchev–Trinajstić information content (AvgIpc) is 3.15. The fourth-order valence-corrected chi connectivity index (χ4v) is 4.52. The van der Waals surface area contributed by atoms with E-state index < -0.39 is 10.0 Å². The van der Waals surface area contributed by atoms with Gasteiger partial charge in [0, 0.05) is 12.3 Å². The molecule has 0 fully saturated rings. The number of pyridine rings is 1. The van der Waals surface area contributed by atoms with Crippen molar-refractivity contribution in [1.29, 1.82) is 0 Å². The van der Waals surface area contributed by atoms with Gasteiger partial charge in [-0.15, -0.1) is 0 Å². The minimum absolute atomic E-state index is 0.148. The van der Waals surface area contributed by atoms with E-state index in [0.717, 1.165) is 11.3 Å². The van der Waals surface area contributed by atoms with Crippen LogP contribution in [0.5, 0.6) is 5.75 Å². The standard InChI is InChI=1S/C21H19N3O3S/c1-27-19-10-7-11-20(14-19)28(25,26)24(17-8-3-2-4-9-17)16-18-15-22-21-12-5-6-13-23(18)21/h2-15H,16H2,1H3. The van der Waals surface area contributed by atoms with E-state index in [1.807, 2.05) is 47.0 Å². The molecule has 0 atom stereocenters. The van der Waals surface area contributed by atoms with Crippen molar-refractivity contribution in [2.45, 2.75) is 11.4 Å². The Morgan fingerprint density at radius 3 is 2.57 bits per heavy atom. The maximum atomic E-state index is 13.5. The summed E-state index contributed by atoms with van der Waals surface area (Å²) in [5.74, 6) is 0.490. The number of benzene rings is 2. The Labute approximate surface area is 163 Å². The highest BCUT2D eigenvalue weighted by Crippen LogP contribution is 2.27. The zero-order valence-electron chi connectivity index (χ0n) is 15.3. The maximum Gasteiger partial charge on any atom is 0.264 e. The number of fused-ring (bicyclic) bond motifs is 1. The first-order valence-electron chi connectivity index (χ1n) is 8.72. The molecule has 0 aliphatic carbocycles. The van der Waals surface area contributed by atoms with E-state index in [1.165, 1.54) is 17.5 Å². The number of aromatic nitrogens is 2. The Hall–Kier alpha value is -3.32. The lowest BCUT2D eigenvalue weighted by Crippen LogP contribution is -2.31. The first-order chi connectivity index (χ1) is 13.6. The number of methoxy groups -OCH3 is 1. The molecule has 142 valence electrons. The van der Waals surface area contributed by atoms with Crippen molar-refractivity contribution < 1.29 is 13.2 Å². The van der Waals surface area contributed by atoms with Gasteiger partial charge in [0.05, 0.1) is 36.1 Å². The van der Waals surface area contributed by atoms with E-state index in [4.69, 9.17) is 4.74 Å². The fourth-order valence-electron chi connectivity index (χ4n) is 3.05. The number of anilines is 1. The van der Waals surface area contributed by atoms with Crippen molar-refractivity contribution in [3.63, 3.8) is 0 Å². The summed E-state index contributed by atoms with van der Waals surface area (Å²) in [7, 11) is -2.31. The first-order valence-corrected chi connectivity index (χ1v) is 10.2. The molecule has 7 heteroatoms. The van der Waals surface area contributed by atoms with Gasteiger partial charge in [-0.2, -0.15) is 0 Å². The van der Waals surface area contributed by atoms with Crippen molar-refractivity contribution in [2.75, 3.05) is 11.4 Å². The number of nitrogens with zero attached hydrogens (tertiary/aromatic N) is 3. The molecular weight excluding hydrogens is 374 g/mol.